The van der Waals surface area contributed by atoms with Gasteiger partial charge in [-0.3, -0.25) is 14.4 Å². The lowest BCUT2D eigenvalue weighted by atomic mass is 10.1. The van der Waals surface area contributed by atoms with E-state index in [1.165, 1.54) is 19.1 Å². The molecule has 172 valence electrons. The van der Waals surface area contributed by atoms with Crippen LogP contribution < -0.4 is 24.8 Å². The maximum Gasteiger partial charge on any atom is 0.254 e. The van der Waals surface area contributed by atoms with Crippen molar-refractivity contribution in [2.75, 3.05) is 39.7 Å². The summed E-state index contributed by atoms with van der Waals surface area (Å²) in [5, 5.41) is 5.22. The van der Waals surface area contributed by atoms with E-state index in [4.69, 9.17) is 14.2 Å². The van der Waals surface area contributed by atoms with Gasteiger partial charge in [-0.25, -0.2) is 0 Å². The summed E-state index contributed by atoms with van der Waals surface area (Å²) in [5.74, 6) is 0.425. The molecular weight excluding hydrogens is 414 g/mol. The monoisotopic (exact) mass is 443 g/mol. The fraction of sp³-hybridized carbons (Fsp3) is 0.348. The molecule has 9 nitrogen and oxygen atoms in total. The Hall–Kier alpha value is -3.75. The SMILES string of the molecule is COc1ccc(NC(=O)CNC(=O)CN(C(=O)c2ccc(OC)c(OC)c2)C(C)C)cc1. The number of amides is 3. The Balaban J connectivity index is 1.96. The first-order valence-electron chi connectivity index (χ1n) is 10.0. The quantitative estimate of drug-likeness (QED) is 0.584. The highest BCUT2D eigenvalue weighted by Gasteiger charge is 2.23. The molecule has 0 aromatic heterocycles. The van der Waals surface area contributed by atoms with Crippen molar-refractivity contribution >= 4 is 23.4 Å². The second kappa shape index (κ2) is 11.6. The van der Waals surface area contributed by atoms with Gasteiger partial charge < -0.3 is 29.7 Å². The summed E-state index contributed by atoms with van der Waals surface area (Å²) in [7, 11) is 4.55. The maximum atomic E-state index is 13.0. The molecule has 2 aromatic carbocycles. The third-order valence-electron chi connectivity index (χ3n) is 4.65. The van der Waals surface area contributed by atoms with Crippen LogP contribution in [0.15, 0.2) is 42.5 Å². The lowest BCUT2D eigenvalue weighted by molar-refractivity contribution is -0.124. The molecule has 3 amide bonds. The van der Waals surface area contributed by atoms with Crippen molar-refractivity contribution in [3.63, 3.8) is 0 Å². The Morgan fingerprint density at radius 2 is 1.53 bits per heavy atom. The Labute approximate surface area is 187 Å². The summed E-state index contributed by atoms with van der Waals surface area (Å²) in [6.07, 6.45) is 0. The minimum atomic E-state index is -0.447. The molecule has 0 aliphatic rings. The minimum absolute atomic E-state index is 0.194. The first-order chi connectivity index (χ1) is 15.3. The molecule has 0 radical (unpaired) electrons. The van der Waals surface area contributed by atoms with Gasteiger partial charge in [0.25, 0.3) is 5.91 Å². The van der Waals surface area contributed by atoms with Crippen molar-refractivity contribution in [2.24, 2.45) is 0 Å². The number of nitrogens with zero attached hydrogens (tertiary/aromatic N) is 1. The van der Waals surface area contributed by atoms with Gasteiger partial charge >= 0.3 is 0 Å². The van der Waals surface area contributed by atoms with Gasteiger partial charge in [-0.1, -0.05) is 0 Å². The molecule has 0 heterocycles. The lowest BCUT2D eigenvalue weighted by Crippen LogP contribution is -2.45. The molecule has 9 heteroatoms. The molecule has 2 aromatic rings. The second-order valence-electron chi connectivity index (χ2n) is 7.15. The van der Waals surface area contributed by atoms with E-state index in [0.29, 0.717) is 28.5 Å². The van der Waals surface area contributed by atoms with Crippen LogP contribution >= 0.6 is 0 Å². The summed E-state index contributed by atoms with van der Waals surface area (Å²) < 4.78 is 15.5. The number of methoxy groups -OCH3 is 3. The fourth-order valence-electron chi connectivity index (χ4n) is 2.89. The van der Waals surface area contributed by atoms with Gasteiger partial charge in [0.15, 0.2) is 11.5 Å². The van der Waals surface area contributed by atoms with Crippen LogP contribution in [0.2, 0.25) is 0 Å². The summed E-state index contributed by atoms with van der Waals surface area (Å²) >= 11 is 0. The molecule has 0 aliphatic heterocycles. The summed E-state index contributed by atoms with van der Waals surface area (Å²) in [5.41, 5.74) is 0.943. The van der Waals surface area contributed by atoms with E-state index in [-0.39, 0.29) is 30.9 Å². The number of carbonyl (C=O) groups is 3. The maximum absolute atomic E-state index is 13.0. The van der Waals surface area contributed by atoms with E-state index in [1.54, 1.807) is 49.6 Å². The van der Waals surface area contributed by atoms with Gasteiger partial charge in [-0.15, -0.1) is 0 Å². The third-order valence-corrected chi connectivity index (χ3v) is 4.65. The van der Waals surface area contributed by atoms with E-state index < -0.39 is 5.91 Å². The number of ether oxygens (including phenoxy) is 3. The van der Waals surface area contributed by atoms with E-state index in [9.17, 15) is 14.4 Å². The van der Waals surface area contributed by atoms with Crippen LogP contribution in [0.3, 0.4) is 0 Å². The number of hydrogen-bond acceptors (Lipinski definition) is 6. The van der Waals surface area contributed by atoms with Crippen LogP contribution in [0.1, 0.15) is 24.2 Å². The topological polar surface area (TPSA) is 106 Å². The Kier molecular flexibility index (Phi) is 8.88. The molecule has 0 atom stereocenters. The van der Waals surface area contributed by atoms with Crippen LogP contribution in [0.4, 0.5) is 5.69 Å². The highest BCUT2D eigenvalue weighted by Crippen LogP contribution is 2.28. The normalized spacial score (nSPS) is 10.3. The highest BCUT2D eigenvalue weighted by molar-refractivity contribution is 5.98. The average Bonchev–Trinajstić information content (AvgIpc) is 2.80. The molecule has 0 saturated heterocycles. The zero-order valence-electron chi connectivity index (χ0n) is 18.9. The van der Waals surface area contributed by atoms with Crippen LogP contribution in [0.5, 0.6) is 17.2 Å². The molecule has 0 fully saturated rings. The van der Waals surface area contributed by atoms with Crippen molar-refractivity contribution in [3.8, 4) is 17.2 Å². The number of rotatable bonds is 10. The van der Waals surface area contributed by atoms with Crippen LogP contribution in [0, 0.1) is 0 Å². The molecule has 2 rings (SSSR count). The summed E-state index contributed by atoms with van der Waals surface area (Å²) in [4.78, 5) is 38.9. The first kappa shape index (κ1) is 24.5. The standard InChI is InChI=1S/C23H29N3O6/c1-15(2)26(23(29)16-6-11-19(31-4)20(12-16)32-5)14-22(28)24-13-21(27)25-17-7-9-18(30-3)10-8-17/h6-12,15H,13-14H2,1-5H3,(H,24,28)(H,25,27). The molecule has 0 spiro atoms. The van der Waals surface area contributed by atoms with Gasteiger partial charge in [-0.2, -0.15) is 0 Å². The van der Waals surface area contributed by atoms with E-state index in [1.807, 2.05) is 13.8 Å². The Morgan fingerprint density at radius 1 is 0.875 bits per heavy atom. The summed E-state index contributed by atoms with van der Waals surface area (Å²) in [6.45, 7) is 3.20. The van der Waals surface area contributed by atoms with E-state index in [0.717, 1.165) is 0 Å². The van der Waals surface area contributed by atoms with Gasteiger partial charge in [0, 0.05) is 17.3 Å². The average molecular weight is 444 g/mol. The van der Waals surface area contributed by atoms with E-state index in [2.05, 4.69) is 10.6 Å². The van der Waals surface area contributed by atoms with Crippen LogP contribution in [-0.2, 0) is 9.59 Å². The molecule has 0 aliphatic carbocycles. The first-order valence-corrected chi connectivity index (χ1v) is 10.0. The van der Waals surface area contributed by atoms with Crippen molar-refractivity contribution in [1.82, 2.24) is 10.2 Å². The van der Waals surface area contributed by atoms with E-state index >= 15 is 0 Å². The van der Waals surface area contributed by atoms with Gasteiger partial charge in [-0.05, 0) is 56.3 Å². The smallest absolute Gasteiger partial charge is 0.254 e. The van der Waals surface area contributed by atoms with Crippen LogP contribution in [0.25, 0.3) is 0 Å². The molecular formula is C23H29N3O6. The fourth-order valence-corrected chi connectivity index (χ4v) is 2.89. The number of carbonyl (C=O) groups excluding carboxylic acids is 3. The van der Waals surface area contributed by atoms with Crippen LogP contribution in [-0.4, -0.2) is 63.1 Å². The van der Waals surface area contributed by atoms with Crippen molar-refractivity contribution in [1.29, 1.82) is 0 Å². The largest absolute Gasteiger partial charge is 0.497 e. The molecule has 2 N–H and O–H groups in total. The summed E-state index contributed by atoms with van der Waals surface area (Å²) in [6, 6.07) is 11.4. The number of hydrogen-bond donors (Lipinski definition) is 2. The number of anilines is 1. The van der Waals surface area contributed by atoms with Crippen molar-refractivity contribution < 1.29 is 28.6 Å². The molecule has 0 unspecified atom stereocenters. The Bertz CT molecular complexity index is 943. The van der Waals surface area contributed by atoms with Crippen molar-refractivity contribution in [3.05, 3.63) is 48.0 Å². The lowest BCUT2D eigenvalue weighted by Gasteiger charge is -2.26. The molecule has 0 saturated carbocycles. The van der Waals surface area contributed by atoms with Gasteiger partial charge in [0.1, 0.15) is 12.3 Å². The number of benzene rings is 2. The van der Waals surface area contributed by atoms with Gasteiger partial charge in [0.05, 0.1) is 27.9 Å². The molecule has 32 heavy (non-hydrogen) atoms. The predicted molar refractivity (Wildman–Crippen MR) is 120 cm³/mol. The zero-order chi connectivity index (χ0) is 23.7. The number of nitrogens with one attached hydrogen (secondary N) is 2. The predicted octanol–water partition coefficient (Wildman–Crippen LogP) is 2.32. The second-order valence-corrected chi connectivity index (χ2v) is 7.15. The van der Waals surface area contributed by atoms with Crippen molar-refractivity contribution in [2.45, 2.75) is 19.9 Å². The third kappa shape index (κ3) is 6.63. The zero-order valence-corrected chi connectivity index (χ0v) is 18.9. The van der Waals surface area contributed by atoms with Gasteiger partial charge in [0.2, 0.25) is 11.8 Å². The molecule has 0 bridgehead atoms. The Morgan fingerprint density at radius 3 is 2.09 bits per heavy atom. The minimum Gasteiger partial charge on any atom is -0.497 e. The highest BCUT2D eigenvalue weighted by atomic mass is 16.5.